The van der Waals surface area contributed by atoms with E-state index in [4.69, 9.17) is 0 Å². The molecule has 0 fully saturated rings. The maximum absolute atomic E-state index is 10.5. The van der Waals surface area contributed by atoms with Crippen LogP contribution in [0.15, 0.2) is 23.2 Å². The summed E-state index contributed by atoms with van der Waals surface area (Å²) in [5.74, 6) is -2.32. The molecule has 0 aliphatic carbocycles. The van der Waals surface area contributed by atoms with Crippen molar-refractivity contribution in [2.45, 2.75) is 34.6 Å². The van der Waals surface area contributed by atoms with Crippen molar-refractivity contribution < 1.29 is 46.2 Å². The van der Waals surface area contributed by atoms with Crippen molar-refractivity contribution in [3.8, 4) is 0 Å². The summed E-state index contributed by atoms with van der Waals surface area (Å²) in [7, 11) is 0. The second-order valence-corrected chi connectivity index (χ2v) is 3.69. The van der Waals surface area contributed by atoms with Gasteiger partial charge in [0, 0.05) is 11.1 Å². The average Bonchev–Trinajstić information content (AvgIpc) is 2.15. The minimum absolute atomic E-state index is 0. The number of ketones is 4. The monoisotopic (exact) mass is 327 g/mol. The van der Waals surface area contributed by atoms with Crippen molar-refractivity contribution in [1.82, 2.24) is 0 Å². The standard InChI is InChI=1S/C7H10O3.C6H8O3.Co/c1-4(8)7(5(2)9)6(3)10;1-4(8)6(3-7)5(2)9;/h8H,1-3H3;3,7H,1-2H3;/q;;+2/p-2. The summed E-state index contributed by atoms with van der Waals surface area (Å²) < 4.78 is 0. The van der Waals surface area contributed by atoms with Gasteiger partial charge in [-0.15, -0.1) is 12.0 Å². The maximum Gasteiger partial charge on any atom is 2.00 e. The minimum atomic E-state index is -0.475. The molecule has 0 rings (SSSR count). The van der Waals surface area contributed by atoms with E-state index in [1.807, 2.05) is 0 Å². The van der Waals surface area contributed by atoms with E-state index in [9.17, 15) is 29.4 Å². The van der Waals surface area contributed by atoms with Gasteiger partial charge in [-0.05, 0) is 27.7 Å². The van der Waals surface area contributed by atoms with Crippen LogP contribution >= 0.6 is 0 Å². The van der Waals surface area contributed by atoms with Crippen molar-refractivity contribution in [2.24, 2.45) is 0 Å². The molecule has 0 unspecified atom stereocenters. The summed E-state index contributed by atoms with van der Waals surface area (Å²) in [6.07, 6.45) is 0.282. The molecule has 0 spiro atoms. The van der Waals surface area contributed by atoms with E-state index in [1.54, 1.807) is 0 Å². The van der Waals surface area contributed by atoms with Gasteiger partial charge < -0.3 is 10.2 Å². The molecule has 0 amide bonds. The third-order valence-electron chi connectivity index (χ3n) is 1.93. The summed E-state index contributed by atoms with van der Waals surface area (Å²) in [4.78, 5) is 41.8. The van der Waals surface area contributed by atoms with Gasteiger partial charge in [-0.1, -0.05) is 6.92 Å². The van der Waals surface area contributed by atoms with E-state index < -0.39 is 28.9 Å². The SMILES string of the molecule is CC(=O)C(=C[O-])C(C)=O.CC(=O)C(C(C)=O)=C(C)[O-].[Co+2]. The van der Waals surface area contributed by atoms with Crippen LogP contribution in [0.1, 0.15) is 34.6 Å². The Morgan fingerprint density at radius 2 is 1.05 bits per heavy atom. The topological polar surface area (TPSA) is 114 Å². The summed E-state index contributed by atoms with van der Waals surface area (Å²) in [6.45, 7) is 5.99. The first-order valence-electron chi connectivity index (χ1n) is 5.29. The molecule has 6 nitrogen and oxygen atoms in total. The molecule has 0 aromatic heterocycles. The second-order valence-electron chi connectivity index (χ2n) is 3.69. The molecule has 0 aliphatic heterocycles. The van der Waals surface area contributed by atoms with Gasteiger partial charge in [-0.25, -0.2) is 0 Å². The fraction of sp³-hybridized carbons (Fsp3) is 0.385. The normalized spacial score (nSPS) is 8.05. The first-order chi connectivity index (χ1) is 8.56. The Balaban J connectivity index is -0.000000277. The molecule has 0 aromatic rings. The summed E-state index contributed by atoms with van der Waals surface area (Å²) >= 11 is 0. The Kier molecular flexibility index (Phi) is 13.0. The molecule has 0 bridgehead atoms. The number of Topliss-reactive ketones (excluding diaryl/α,β-unsaturated/α-hetero) is 4. The second kappa shape index (κ2) is 11.1. The van der Waals surface area contributed by atoms with Gasteiger partial charge in [-0.2, -0.15) is 0 Å². The van der Waals surface area contributed by atoms with E-state index in [-0.39, 0.29) is 34.2 Å². The molecule has 20 heavy (non-hydrogen) atoms. The first-order valence-corrected chi connectivity index (χ1v) is 5.29. The van der Waals surface area contributed by atoms with Crippen LogP contribution in [0.25, 0.3) is 0 Å². The van der Waals surface area contributed by atoms with E-state index in [1.165, 1.54) is 34.6 Å². The number of hydrogen-bond donors (Lipinski definition) is 0. The van der Waals surface area contributed by atoms with Gasteiger partial charge in [0.25, 0.3) is 0 Å². The minimum Gasteiger partial charge on any atom is -0.877 e. The molecule has 0 saturated carbocycles. The van der Waals surface area contributed by atoms with Crippen LogP contribution in [0, 0.1) is 0 Å². The Morgan fingerprint density at radius 3 is 1.05 bits per heavy atom. The van der Waals surface area contributed by atoms with Gasteiger partial charge in [-0.3, -0.25) is 19.2 Å². The number of carbonyl (C=O) groups excluding carboxylic acids is 4. The fourth-order valence-corrected chi connectivity index (χ4v) is 1.16. The Bertz CT molecular complexity index is 423. The zero-order valence-electron chi connectivity index (χ0n) is 11.9. The van der Waals surface area contributed by atoms with Gasteiger partial charge in [0.05, 0.1) is 0 Å². The van der Waals surface area contributed by atoms with Crippen molar-refractivity contribution in [1.29, 1.82) is 0 Å². The number of rotatable bonds is 4. The molecule has 0 aromatic carbocycles. The molecule has 113 valence electrons. The van der Waals surface area contributed by atoms with Crippen LogP contribution in [0.2, 0.25) is 0 Å². The molecule has 0 atom stereocenters. The van der Waals surface area contributed by atoms with E-state index in [0.717, 1.165) is 0 Å². The van der Waals surface area contributed by atoms with Crippen molar-refractivity contribution in [2.75, 3.05) is 0 Å². The Labute approximate surface area is 127 Å². The van der Waals surface area contributed by atoms with Crippen molar-refractivity contribution in [3.05, 3.63) is 23.2 Å². The fourth-order valence-electron chi connectivity index (χ4n) is 1.16. The predicted molar refractivity (Wildman–Crippen MR) is 63.5 cm³/mol. The predicted octanol–water partition coefficient (Wildman–Crippen LogP) is -0.795. The van der Waals surface area contributed by atoms with Gasteiger partial charge in [0.2, 0.25) is 0 Å². The zero-order chi connectivity index (χ0) is 15.7. The molecule has 1 radical (unpaired) electrons. The first kappa shape index (κ1) is 23.4. The Hall–Kier alpha value is -1.73. The van der Waals surface area contributed by atoms with E-state index in [0.29, 0.717) is 0 Å². The van der Waals surface area contributed by atoms with Crippen LogP contribution in [-0.4, -0.2) is 23.1 Å². The summed E-state index contributed by atoms with van der Waals surface area (Å²) in [5.41, 5.74) is -0.491. The van der Waals surface area contributed by atoms with Crippen LogP contribution in [-0.2, 0) is 36.0 Å². The number of allylic oxidation sites excluding steroid dienone is 3. The van der Waals surface area contributed by atoms with E-state index in [2.05, 4.69) is 0 Å². The zero-order valence-corrected chi connectivity index (χ0v) is 12.9. The average molecular weight is 327 g/mol. The van der Waals surface area contributed by atoms with Crippen molar-refractivity contribution >= 4 is 23.1 Å². The molecule has 7 heteroatoms. The molecular weight excluding hydrogens is 311 g/mol. The maximum atomic E-state index is 10.5. The third-order valence-corrected chi connectivity index (χ3v) is 1.93. The smallest absolute Gasteiger partial charge is 0.877 e. The quantitative estimate of drug-likeness (QED) is 0.289. The van der Waals surface area contributed by atoms with Gasteiger partial charge in [0.15, 0.2) is 23.1 Å². The molecule has 0 heterocycles. The number of hydrogen-bond acceptors (Lipinski definition) is 6. The Morgan fingerprint density at radius 1 is 0.750 bits per heavy atom. The van der Waals surface area contributed by atoms with Gasteiger partial charge in [0.1, 0.15) is 0 Å². The van der Waals surface area contributed by atoms with Crippen LogP contribution in [0.3, 0.4) is 0 Å². The van der Waals surface area contributed by atoms with Crippen molar-refractivity contribution in [3.63, 3.8) is 0 Å². The van der Waals surface area contributed by atoms with E-state index >= 15 is 0 Å². The molecule has 0 aliphatic rings. The summed E-state index contributed by atoms with van der Waals surface area (Å²) in [6, 6.07) is 0. The van der Waals surface area contributed by atoms with Crippen LogP contribution < -0.4 is 10.2 Å². The number of carbonyl (C=O) groups is 4. The molecular formula is C13H16CoO6. The van der Waals surface area contributed by atoms with Gasteiger partial charge >= 0.3 is 16.8 Å². The molecule has 0 saturated heterocycles. The van der Waals surface area contributed by atoms with Crippen LogP contribution in [0.4, 0.5) is 0 Å². The summed E-state index contributed by atoms with van der Waals surface area (Å²) in [5, 5.41) is 20.5. The van der Waals surface area contributed by atoms with Crippen LogP contribution in [0.5, 0.6) is 0 Å². The third kappa shape index (κ3) is 9.23. The molecule has 0 N–H and O–H groups in total. The largest absolute Gasteiger partial charge is 2.00 e.